The van der Waals surface area contributed by atoms with Gasteiger partial charge in [-0.05, 0) is 48.4 Å². The van der Waals surface area contributed by atoms with Crippen LogP contribution >= 0.6 is 23.1 Å². The van der Waals surface area contributed by atoms with Crippen molar-refractivity contribution in [3.63, 3.8) is 0 Å². The number of rotatable bonds is 5. The summed E-state index contributed by atoms with van der Waals surface area (Å²) in [6.45, 7) is 6.55. The average molecular weight is 408 g/mol. The highest BCUT2D eigenvalue weighted by Gasteiger charge is 2.24. The highest BCUT2D eigenvalue weighted by atomic mass is 32.2. The molecular weight excluding hydrogens is 386 g/mol. The van der Waals surface area contributed by atoms with E-state index in [9.17, 15) is 4.79 Å². The van der Waals surface area contributed by atoms with E-state index in [1.807, 2.05) is 24.3 Å². The smallest absolute Gasteiger partial charge is 0.263 e. The van der Waals surface area contributed by atoms with Crippen molar-refractivity contribution in [3.05, 3.63) is 68.8 Å². The quantitative estimate of drug-likeness (QED) is 0.342. The average Bonchev–Trinajstić information content (AvgIpc) is 3.06. The maximum absolute atomic E-state index is 13.3. The molecule has 0 unspecified atom stereocenters. The van der Waals surface area contributed by atoms with E-state index >= 15 is 0 Å². The molecule has 0 saturated heterocycles. The van der Waals surface area contributed by atoms with Gasteiger partial charge < -0.3 is 0 Å². The highest BCUT2D eigenvalue weighted by molar-refractivity contribution is 7.98. The third kappa shape index (κ3) is 3.52. The predicted molar refractivity (Wildman–Crippen MR) is 116 cm³/mol. The number of benzene rings is 1. The Bertz CT molecular complexity index is 1140. The molecule has 0 radical (unpaired) electrons. The standard InChI is InChI=1S/C22H21N3OS2/c1-3-10-25-21(26)19-17-9-4-14(2)11-18(17)28-20(19)24-22(25)27-13-16-7-5-15(12-23)6-8-16/h3,5-8,14H,1,4,9-11,13H2,2H3/t14-/m0/s1. The van der Waals surface area contributed by atoms with Crippen LogP contribution in [0.5, 0.6) is 0 Å². The van der Waals surface area contributed by atoms with Crippen LogP contribution in [0.2, 0.25) is 0 Å². The normalized spacial score (nSPS) is 15.9. The third-order valence-corrected chi connectivity index (χ3v) is 7.34. The van der Waals surface area contributed by atoms with E-state index < -0.39 is 0 Å². The molecular formula is C22H21N3OS2. The fourth-order valence-corrected chi connectivity index (χ4v) is 6.02. The number of thioether (sulfide) groups is 1. The zero-order valence-electron chi connectivity index (χ0n) is 15.8. The van der Waals surface area contributed by atoms with Crippen molar-refractivity contribution in [1.82, 2.24) is 9.55 Å². The van der Waals surface area contributed by atoms with E-state index in [1.54, 1.807) is 33.7 Å². The van der Waals surface area contributed by atoms with Crippen LogP contribution < -0.4 is 5.56 Å². The van der Waals surface area contributed by atoms with Gasteiger partial charge in [-0.2, -0.15) is 5.26 Å². The van der Waals surface area contributed by atoms with Crippen molar-refractivity contribution in [2.24, 2.45) is 5.92 Å². The number of hydrogen-bond acceptors (Lipinski definition) is 5. The largest absolute Gasteiger partial charge is 0.283 e. The molecule has 6 heteroatoms. The molecule has 1 aromatic carbocycles. The van der Waals surface area contributed by atoms with Crippen LogP contribution in [0.4, 0.5) is 0 Å². The molecule has 1 aliphatic carbocycles. The molecule has 0 spiro atoms. The maximum Gasteiger partial charge on any atom is 0.263 e. The first-order chi connectivity index (χ1) is 13.6. The molecule has 2 aromatic heterocycles. The van der Waals surface area contributed by atoms with Crippen LogP contribution in [0.1, 0.15) is 34.9 Å². The zero-order valence-corrected chi connectivity index (χ0v) is 17.4. The van der Waals surface area contributed by atoms with E-state index in [2.05, 4.69) is 19.6 Å². The molecule has 142 valence electrons. The topological polar surface area (TPSA) is 58.7 Å². The molecule has 0 aliphatic heterocycles. The van der Waals surface area contributed by atoms with Crippen molar-refractivity contribution in [3.8, 4) is 6.07 Å². The monoisotopic (exact) mass is 407 g/mol. The van der Waals surface area contributed by atoms with Crippen LogP contribution in [0.25, 0.3) is 10.2 Å². The fraction of sp³-hybridized carbons (Fsp3) is 0.318. The fourth-order valence-electron chi connectivity index (χ4n) is 3.63. The maximum atomic E-state index is 13.3. The van der Waals surface area contributed by atoms with Gasteiger partial charge in [-0.15, -0.1) is 17.9 Å². The summed E-state index contributed by atoms with van der Waals surface area (Å²) in [6.07, 6.45) is 4.90. The Balaban J connectivity index is 1.72. The number of aryl methyl sites for hydroxylation is 1. The number of nitrogens with zero attached hydrogens (tertiary/aromatic N) is 3. The second-order valence-corrected chi connectivity index (χ2v) is 9.25. The molecule has 0 amide bonds. The number of thiophene rings is 1. The minimum absolute atomic E-state index is 0.0549. The summed E-state index contributed by atoms with van der Waals surface area (Å²) < 4.78 is 1.74. The van der Waals surface area contributed by atoms with Crippen LogP contribution in [-0.4, -0.2) is 9.55 Å². The molecule has 4 nitrogen and oxygen atoms in total. The van der Waals surface area contributed by atoms with Crippen molar-refractivity contribution >= 4 is 33.3 Å². The number of allylic oxidation sites excluding steroid dienone is 1. The Morgan fingerprint density at radius 2 is 2.21 bits per heavy atom. The molecule has 0 N–H and O–H groups in total. The van der Waals surface area contributed by atoms with Gasteiger partial charge in [0.2, 0.25) is 0 Å². The third-order valence-electron chi connectivity index (χ3n) is 5.14. The summed E-state index contributed by atoms with van der Waals surface area (Å²) in [5, 5.41) is 10.5. The number of fused-ring (bicyclic) bond motifs is 3. The Morgan fingerprint density at radius 3 is 2.93 bits per heavy atom. The van der Waals surface area contributed by atoms with Gasteiger partial charge in [0, 0.05) is 17.2 Å². The summed E-state index contributed by atoms with van der Waals surface area (Å²) in [5.41, 5.74) is 3.02. The van der Waals surface area contributed by atoms with Gasteiger partial charge in [-0.3, -0.25) is 9.36 Å². The molecule has 28 heavy (non-hydrogen) atoms. The Morgan fingerprint density at radius 1 is 1.43 bits per heavy atom. The van der Waals surface area contributed by atoms with Crippen molar-refractivity contribution < 1.29 is 0 Å². The van der Waals surface area contributed by atoms with Gasteiger partial charge in [0.05, 0.1) is 17.0 Å². The van der Waals surface area contributed by atoms with Crippen molar-refractivity contribution in [1.29, 1.82) is 5.26 Å². The van der Waals surface area contributed by atoms with E-state index in [1.165, 1.54) is 10.4 Å². The van der Waals surface area contributed by atoms with Crippen LogP contribution in [0, 0.1) is 17.2 Å². The predicted octanol–water partition coefficient (Wildman–Crippen LogP) is 4.93. The lowest BCUT2D eigenvalue weighted by Gasteiger charge is -2.17. The second-order valence-electron chi connectivity index (χ2n) is 7.23. The number of nitriles is 1. The molecule has 0 saturated carbocycles. The minimum atomic E-state index is 0.0549. The van der Waals surface area contributed by atoms with Crippen molar-refractivity contribution in [2.75, 3.05) is 0 Å². The summed E-state index contributed by atoms with van der Waals surface area (Å²) in [6, 6.07) is 9.67. The van der Waals surface area contributed by atoms with E-state index in [0.29, 0.717) is 23.8 Å². The van der Waals surface area contributed by atoms with Gasteiger partial charge in [-0.1, -0.05) is 36.9 Å². The lowest BCUT2D eigenvalue weighted by molar-refractivity contribution is 0.509. The molecule has 1 aliphatic rings. The van der Waals surface area contributed by atoms with Gasteiger partial charge in [0.1, 0.15) is 4.83 Å². The molecule has 4 rings (SSSR count). The summed E-state index contributed by atoms with van der Waals surface area (Å²) in [5.74, 6) is 1.37. The first kappa shape index (κ1) is 19.0. The van der Waals surface area contributed by atoms with Gasteiger partial charge >= 0.3 is 0 Å². The van der Waals surface area contributed by atoms with E-state index in [-0.39, 0.29) is 5.56 Å². The summed E-state index contributed by atoms with van der Waals surface area (Å²) in [4.78, 5) is 20.4. The van der Waals surface area contributed by atoms with Crippen molar-refractivity contribution in [2.45, 2.75) is 43.6 Å². The molecule has 2 heterocycles. The van der Waals surface area contributed by atoms with Gasteiger partial charge in [-0.25, -0.2) is 4.98 Å². The number of aromatic nitrogens is 2. The van der Waals surface area contributed by atoms with Crippen LogP contribution in [0.15, 0.2) is 46.9 Å². The van der Waals surface area contributed by atoms with E-state index in [4.69, 9.17) is 10.2 Å². The Kier molecular flexibility index (Phi) is 5.38. The highest BCUT2D eigenvalue weighted by Crippen LogP contribution is 2.36. The molecule has 3 aromatic rings. The lowest BCUT2D eigenvalue weighted by Crippen LogP contribution is -2.23. The Hall–Kier alpha value is -2.36. The minimum Gasteiger partial charge on any atom is -0.283 e. The summed E-state index contributed by atoms with van der Waals surface area (Å²) in [7, 11) is 0. The number of hydrogen-bond donors (Lipinski definition) is 0. The SMILES string of the molecule is C=CCn1c(SCc2ccc(C#N)cc2)nc2sc3c(c2c1=O)CC[C@H](C)C3. The van der Waals surface area contributed by atoms with Gasteiger partial charge in [0.25, 0.3) is 5.56 Å². The second kappa shape index (κ2) is 7.94. The molecule has 0 bridgehead atoms. The first-order valence-electron chi connectivity index (χ1n) is 9.38. The summed E-state index contributed by atoms with van der Waals surface area (Å²) >= 11 is 3.24. The Labute approximate surface area is 172 Å². The molecule has 0 fully saturated rings. The lowest BCUT2D eigenvalue weighted by atomic mass is 9.89. The zero-order chi connectivity index (χ0) is 19.7. The van der Waals surface area contributed by atoms with Crippen LogP contribution in [0.3, 0.4) is 0 Å². The molecule has 1 atom stereocenters. The van der Waals surface area contributed by atoms with Gasteiger partial charge in [0.15, 0.2) is 5.16 Å². The van der Waals surface area contributed by atoms with E-state index in [0.717, 1.165) is 40.2 Å². The first-order valence-corrected chi connectivity index (χ1v) is 11.2. The van der Waals surface area contributed by atoms with Crippen LogP contribution in [-0.2, 0) is 25.1 Å².